The Morgan fingerprint density at radius 1 is 0.944 bits per heavy atom. The molecule has 0 fully saturated rings. The van der Waals surface area contributed by atoms with E-state index in [9.17, 15) is 35.9 Å². The van der Waals surface area contributed by atoms with Crippen LogP contribution < -0.4 is 10.1 Å². The van der Waals surface area contributed by atoms with Crippen LogP contribution in [0.5, 0.6) is 5.75 Å². The van der Waals surface area contributed by atoms with E-state index in [1.807, 2.05) is 0 Å². The number of halogens is 6. The molecule has 2 heterocycles. The number of nitrogens with zero attached hydrogens (tertiary/aromatic N) is 2. The standard InChI is InChI=1S/C24H17F6N3O3/c25-23(26,27)19-10-7-15(12-31-19)13-33-20(17-3-1-2-4-18(17)22(33)35)21(34)32-11-14-5-8-16(9-6-14)36-24(28,29)30/h1-10,12,20H,11,13H2,(H,32,34). The van der Waals surface area contributed by atoms with Crippen LogP contribution in [0.25, 0.3) is 0 Å². The van der Waals surface area contributed by atoms with E-state index in [1.165, 1.54) is 23.1 Å². The van der Waals surface area contributed by atoms with E-state index in [1.54, 1.807) is 24.3 Å². The van der Waals surface area contributed by atoms with Gasteiger partial charge < -0.3 is 15.0 Å². The Bertz CT molecular complexity index is 1260. The average Bonchev–Trinajstić information content (AvgIpc) is 3.09. The maximum atomic E-state index is 13.1. The van der Waals surface area contributed by atoms with Crippen molar-refractivity contribution in [3.05, 3.63) is 94.8 Å². The van der Waals surface area contributed by atoms with Crippen molar-refractivity contribution in [1.29, 1.82) is 0 Å². The summed E-state index contributed by atoms with van der Waals surface area (Å²) >= 11 is 0. The second-order valence-corrected chi connectivity index (χ2v) is 7.88. The molecule has 3 aromatic rings. The van der Waals surface area contributed by atoms with E-state index < -0.39 is 41.8 Å². The van der Waals surface area contributed by atoms with Crippen LogP contribution in [0.3, 0.4) is 0 Å². The Hall–Kier alpha value is -4.09. The van der Waals surface area contributed by atoms with Crippen LogP contribution in [0, 0.1) is 0 Å². The van der Waals surface area contributed by atoms with Gasteiger partial charge in [-0.25, -0.2) is 0 Å². The zero-order chi connectivity index (χ0) is 26.1. The van der Waals surface area contributed by atoms with Gasteiger partial charge in [-0.15, -0.1) is 13.2 Å². The molecular weight excluding hydrogens is 492 g/mol. The van der Waals surface area contributed by atoms with Crippen LogP contribution >= 0.6 is 0 Å². The van der Waals surface area contributed by atoms with Gasteiger partial charge in [0.25, 0.3) is 5.91 Å². The summed E-state index contributed by atoms with van der Waals surface area (Å²) in [6, 6.07) is 12.2. The second kappa shape index (κ2) is 9.51. The van der Waals surface area contributed by atoms with Crippen molar-refractivity contribution in [2.24, 2.45) is 0 Å². The molecule has 6 nitrogen and oxygen atoms in total. The van der Waals surface area contributed by atoms with Crippen molar-refractivity contribution in [3.63, 3.8) is 0 Å². The lowest BCUT2D eigenvalue weighted by Crippen LogP contribution is -2.38. The number of pyridine rings is 1. The topological polar surface area (TPSA) is 71.5 Å². The molecule has 188 valence electrons. The highest BCUT2D eigenvalue weighted by Crippen LogP contribution is 2.35. The van der Waals surface area contributed by atoms with E-state index in [0.29, 0.717) is 16.7 Å². The number of carbonyl (C=O) groups excluding carboxylic acids is 2. The molecule has 0 saturated carbocycles. The van der Waals surface area contributed by atoms with Crippen LogP contribution in [-0.2, 0) is 24.1 Å². The molecule has 2 amide bonds. The highest BCUT2D eigenvalue weighted by atomic mass is 19.4. The molecule has 0 spiro atoms. The largest absolute Gasteiger partial charge is 0.573 e. The van der Waals surface area contributed by atoms with Crippen molar-refractivity contribution >= 4 is 11.8 Å². The third-order valence-corrected chi connectivity index (χ3v) is 5.40. The Kier molecular flexibility index (Phi) is 6.61. The number of alkyl halides is 6. The summed E-state index contributed by atoms with van der Waals surface area (Å²) in [5, 5.41) is 2.65. The molecule has 0 saturated heterocycles. The van der Waals surface area contributed by atoms with Crippen LogP contribution in [0.1, 0.15) is 38.8 Å². The summed E-state index contributed by atoms with van der Waals surface area (Å²) in [6.45, 7) is -0.214. The van der Waals surface area contributed by atoms with Gasteiger partial charge in [0.1, 0.15) is 17.5 Å². The molecule has 1 aromatic heterocycles. The molecule has 12 heteroatoms. The predicted molar refractivity (Wildman–Crippen MR) is 113 cm³/mol. The number of rotatable bonds is 6. The van der Waals surface area contributed by atoms with Gasteiger partial charge in [-0.3, -0.25) is 14.6 Å². The van der Waals surface area contributed by atoms with E-state index in [-0.39, 0.29) is 18.7 Å². The first-order chi connectivity index (χ1) is 16.9. The van der Waals surface area contributed by atoms with Gasteiger partial charge in [-0.1, -0.05) is 36.4 Å². The molecule has 2 aromatic carbocycles. The zero-order valence-electron chi connectivity index (χ0n) is 18.2. The van der Waals surface area contributed by atoms with Gasteiger partial charge in [-0.2, -0.15) is 13.2 Å². The fourth-order valence-corrected chi connectivity index (χ4v) is 3.79. The molecule has 0 aliphatic carbocycles. The highest BCUT2D eigenvalue weighted by Gasteiger charge is 2.41. The summed E-state index contributed by atoms with van der Waals surface area (Å²) in [6.07, 6.45) is -8.44. The molecule has 1 aliphatic heterocycles. The molecule has 1 aliphatic rings. The number of aromatic nitrogens is 1. The molecule has 0 radical (unpaired) electrons. The predicted octanol–water partition coefficient (Wildman–Crippen LogP) is 5.01. The Labute approximate surface area is 200 Å². The first kappa shape index (κ1) is 25.0. The minimum Gasteiger partial charge on any atom is -0.406 e. The highest BCUT2D eigenvalue weighted by molar-refractivity contribution is 6.04. The minimum absolute atomic E-state index is 0.0480. The Morgan fingerprint density at radius 3 is 2.22 bits per heavy atom. The fraction of sp³-hybridized carbons (Fsp3) is 0.208. The maximum Gasteiger partial charge on any atom is 0.573 e. The number of hydrogen-bond acceptors (Lipinski definition) is 4. The second-order valence-electron chi connectivity index (χ2n) is 7.88. The average molecular weight is 509 g/mol. The minimum atomic E-state index is -4.83. The third-order valence-electron chi connectivity index (χ3n) is 5.40. The van der Waals surface area contributed by atoms with Gasteiger partial charge in [0.15, 0.2) is 0 Å². The van der Waals surface area contributed by atoms with Gasteiger partial charge >= 0.3 is 12.5 Å². The van der Waals surface area contributed by atoms with Gasteiger partial charge in [0.2, 0.25) is 5.91 Å². The van der Waals surface area contributed by atoms with E-state index in [4.69, 9.17) is 0 Å². The smallest absolute Gasteiger partial charge is 0.406 e. The van der Waals surface area contributed by atoms with Gasteiger partial charge in [-0.05, 0) is 41.0 Å². The van der Waals surface area contributed by atoms with Crippen LogP contribution in [0.4, 0.5) is 26.3 Å². The Balaban J connectivity index is 1.50. The van der Waals surface area contributed by atoms with Crippen molar-refractivity contribution in [2.75, 3.05) is 0 Å². The maximum absolute atomic E-state index is 13.1. The van der Waals surface area contributed by atoms with Crippen LogP contribution in [-0.4, -0.2) is 28.1 Å². The Morgan fingerprint density at radius 2 is 1.61 bits per heavy atom. The fourth-order valence-electron chi connectivity index (χ4n) is 3.79. The molecule has 4 rings (SSSR count). The normalized spacial score (nSPS) is 15.6. The molecule has 1 unspecified atom stereocenters. The number of hydrogen-bond donors (Lipinski definition) is 1. The lowest BCUT2D eigenvalue weighted by molar-refractivity contribution is -0.274. The summed E-state index contributed by atoms with van der Waals surface area (Å²) in [4.78, 5) is 30.8. The molecule has 1 N–H and O–H groups in total. The summed E-state index contributed by atoms with van der Waals surface area (Å²) in [5.41, 5.74) is 0.402. The monoisotopic (exact) mass is 509 g/mol. The van der Waals surface area contributed by atoms with E-state index >= 15 is 0 Å². The SMILES string of the molecule is O=C(NCc1ccc(OC(F)(F)F)cc1)C1c2ccccc2C(=O)N1Cc1ccc(C(F)(F)F)nc1. The quantitative estimate of drug-likeness (QED) is 0.475. The first-order valence-electron chi connectivity index (χ1n) is 10.5. The first-order valence-corrected chi connectivity index (χ1v) is 10.5. The van der Waals surface area contributed by atoms with Gasteiger partial charge in [0.05, 0.1) is 0 Å². The number of carbonyl (C=O) groups is 2. The van der Waals surface area contributed by atoms with Crippen LogP contribution in [0.15, 0.2) is 66.9 Å². The van der Waals surface area contributed by atoms with Gasteiger partial charge in [0, 0.05) is 24.8 Å². The van der Waals surface area contributed by atoms with Crippen molar-refractivity contribution in [2.45, 2.75) is 31.7 Å². The summed E-state index contributed by atoms with van der Waals surface area (Å²) in [5.74, 6) is -1.45. The van der Waals surface area contributed by atoms with Crippen LogP contribution in [0.2, 0.25) is 0 Å². The number of nitrogens with one attached hydrogen (secondary N) is 1. The summed E-state index contributed by atoms with van der Waals surface area (Å²) < 4.78 is 79.2. The van der Waals surface area contributed by atoms with Crippen molar-refractivity contribution in [1.82, 2.24) is 15.2 Å². The van der Waals surface area contributed by atoms with Crippen molar-refractivity contribution < 1.29 is 40.7 Å². The van der Waals surface area contributed by atoms with E-state index in [0.717, 1.165) is 24.4 Å². The van der Waals surface area contributed by atoms with E-state index in [2.05, 4.69) is 15.0 Å². The lowest BCUT2D eigenvalue weighted by atomic mass is 10.0. The lowest BCUT2D eigenvalue weighted by Gasteiger charge is -2.25. The zero-order valence-corrected chi connectivity index (χ0v) is 18.2. The number of benzene rings is 2. The number of fused-ring (bicyclic) bond motifs is 1. The molecule has 0 bridgehead atoms. The molecule has 1 atom stereocenters. The third kappa shape index (κ3) is 5.58. The van der Waals surface area contributed by atoms with Crippen molar-refractivity contribution in [3.8, 4) is 5.75 Å². The summed E-state index contributed by atoms with van der Waals surface area (Å²) in [7, 11) is 0. The molecule has 36 heavy (non-hydrogen) atoms. The number of amides is 2. The number of ether oxygens (including phenoxy) is 1. The molecular formula is C24H17F6N3O3.